The number of aromatic nitrogens is 1. The Hall–Kier alpha value is -3.06. The van der Waals surface area contributed by atoms with Gasteiger partial charge >= 0.3 is 5.97 Å². The van der Waals surface area contributed by atoms with Crippen LogP contribution in [0.15, 0.2) is 54.7 Å². The molecule has 0 saturated heterocycles. The predicted molar refractivity (Wildman–Crippen MR) is 83.7 cm³/mol. The molecule has 3 aromatic rings. The molecular formula is C18H14N2O2. The van der Waals surface area contributed by atoms with E-state index in [0.29, 0.717) is 16.9 Å². The van der Waals surface area contributed by atoms with E-state index in [0.717, 1.165) is 17.4 Å². The average molecular weight is 290 g/mol. The van der Waals surface area contributed by atoms with Gasteiger partial charge in [-0.05, 0) is 55.5 Å². The van der Waals surface area contributed by atoms with Gasteiger partial charge in [-0.1, -0.05) is 0 Å². The number of carbonyl (C=O) groups is 1. The number of benzene rings is 2. The van der Waals surface area contributed by atoms with Crippen LogP contribution < -0.4 is 4.74 Å². The molecule has 0 aliphatic rings. The topological polar surface area (TPSA) is 55.0 Å². The van der Waals surface area contributed by atoms with Crippen LogP contribution in [0, 0.1) is 11.3 Å². The number of nitriles is 1. The number of hydrogen-bond acceptors (Lipinski definition) is 3. The van der Waals surface area contributed by atoms with E-state index in [4.69, 9.17) is 10.00 Å². The van der Waals surface area contributed by atoms with E-state index in [1.165, 1.54) is 0 Å². The Morgan fingerprint density at radius 3 is 2.64 bits per heavy atom. The third-order valence-corrected chi connectivity index (χ3v) is 3.54. The fourth-order valence-corrected chi connectivity index (χ4v) is 2.36. The summed E-state index contributed by atoms with van der Waals surface area (Å²) in [6, 6.07) is 16.0. The van der Waals surface area contributed by atoms with E-state index in [1.54, 1.807) is 30.3 Å². The molecule has 22 heavy (non-hydrogen) atoms. The van der Waals surface area contributed by atoms with Crippen molar-refractivity contribution in [1.29, 1.82) is 5.26 Å². The van der Waals surface area contributed by atoms with Crippen LogP contribution in [0.4, 0.5) is 0 Å². The Kier molecular flexibility index (Phi) is 3.63. The van der Waals surface area contributed by atoms with Crippen molar-refractivity contribution in [2.24, 2.45) is 0 Å². The Bertz CT molecular complexity index is 870. The van der Waals surface area contributed by atoms with Gasteiger partial charge in [0, 0.05) is 23.6 Å². The summed E-state index contributed by atoms with van der Waals surface area (Å²) in [4.78, 5) is 12.1. The number of fused-ring (bicyclic) bond motifs is 1. The Morgan fingerprint density at radius 1 is 1.18 bits per heavy atom. The Morgan fingerprint density at radius 2 is 1.95 bits per heavy atom. The summed E-state index contributed by atoms with van der Waals surface area (Å²) < 4.78 is 7.52. The summed E-state index contributed by atoms with van der Waals surface area (Å²) in [5.74, 6) is 0.0782. The second-order valence-corrected chi connectivity index (χ2v) is 4.90. The van der Waals surface area contributed by atoms with E-state index in [-0.39, 0.29) is 0 Å². The average Bonchev–Trinajstić information content (AvgIpc) is 2.97. The third kappa shape index (κ3) is 2.57. The molecule has 4 heteroatoms. The van der Waals surface area contributed by atoms with Crippen molar-refractivity contribution in [3.05, 3.63) is 65.9 Å². The molecule has 0 amide bonds. The smallest absolute Gasteiger partial charge is 0.343 e. The second-order valence-electron chi connectivity index (χ2n) is 4.90. The minimum absolute atomic E-state index is 0.422. The molecule has 0 bridgehead atoms. The second kappa shape index (κ2) is 5.74. The van der Waals surface area contributed by atoms with Gasteiger partial charge in [0.25, 0.3) is 0 Å². The molecule has 0 radical (unpaired) electrons. The van der Waals surface area contributed by atoms with E-state index in [1.807, 2.05) is 30.5 Å². The highest BCUT2D eigenvalue weighted by Crippen LogP contribution is 2.22. The Balaban J connectivity index is 1.82. The van der Waals surface area contributed by atoms with E-state index >= 15 is 0 Å². The summed E-state index contributed by atoms with van der Waals surface area (Å²) in [5, 5.41) is 9.79. The molecule has 0 fully saturated rings. The number of hydrogen-bond donors (Lipinski definition) is 0. The molecule has 4 nitrogen and oxygen atoms in total. The monoisotopic (exact) mass is 290 g/mol. The largest absolute Gasteiger partial charge is 0.423 e. The summed E-state index contributed by atoms with van der Waals surface area (Å²) in [5.41, 5.74) is 2.05. The first-order chi connectivity index (χ1) is 10.7. The van der Waals surface area contributed by atoms with Gasteiger partial charge in [0.1, 0.15) is 5.75 Å². The summed E-state index contributed by atoms with van der Waals surface area (Å²) in [7, 11) is 0. The third-order valence-electron chi connectivity index (χ3n) is 3.54. The minimum Gasteiger partial charge on any atom is -0.423 e. The number of rotatable bonds is 3. The van der Waals surface area contributed by atoms with Crippen LogP contribution in [0.25, 0.3) is 10.9 Å². The molecule has 3 rings (SSSR count). The molecule has 108 valence electrons. The highest BCUT2D eigenvalue weighted by Gasteiger charge is 2.09. The first kappa shape index (κ1) is 13.9. The van der Waals surface area contributed by atoms with Crippen LogP contribution in [0.3, 0.4) is 0 Å². The SMILES string of the molecule is CCn1ccc2cc(OC(=O)c3ccc(C#N)cc3)ccc21. The lowest BCUT2D eigenvalue weighted by Crippen LogP contribution is -2.08. The maximum atomic E-state index is 12.1. The van der Waals surface area contributed by atoms with Crippen LogP contribution in [0.5, 0.6) is 5.75 Å². The highest BCUT2D eigenvalue weighted by molar-refractivity contribution is 5.92. The van der Waals surface area contributed by atoms with Crippen LogP contribution in [0.1, 0.15) is 22.8 Å². The zero-order valence-corrected chi connectivity index (χ0v) is 12.1. The van der Waals surface area contributed by atoms with Gasteiger partial charge < -0.3 is 9.30 Å². The molecule has 0 atom stereocenters. The van der Waals surface area contributed by atoms with Crippen molar-refractivity contribution >= 4 is 16.9 Å². The van der Waals surface area contributed by atoms with Crippen LogP contribution in [-0.4, -0.2) is 10.5 Å². The first-order valence-electron chi connectivity index (χ1n) is 7.02. The fraction of sp³-hybridized carbons (Fsp3) is 0.111. The van der Waals surface area contributed by atoms with Crippen molar-refractivity contribution in [3.63, 3.8) is 0 Å². The van der Waals surface area contributed by atoms with Crippen LogP contribution in [0.2, 0.25) is 0 Å². The van der Waals surface area contributed by atoms with Crippen molar-refractivity contribution in [2.75, 3.05) is 0 Å². The zero-order chi connectivity index (χ0) is 15.5. The van der Waals surface area contributed by atoms with Crippen LogP contribution >= 0.6 is 0 Å². The summed E-state index contributed by atoms with van der Waals surface area (Å²) in [6.07, 6.45) is 2.01. The molecular weight excluding hydrogens is 276 g/mol. The van der Waals surface area contributed by atoms with Gasteiger partial charge in [0.05, 0.1) is 17.2 Å². The van der Waals surface area contributed by atoms with E-state index in [9.17, 15) is 4.79 Å². The quantitative estimate of drug-likeness (QED) is 0.545. The number of carbonyl (C=O) groups excluding carboxylic acids is 1. The van der Waals surface area contributed by atoms with Crippen molar-refractivity contribution in [1.82, 2.24) is 4.57 Å². The zero-order valence-electron chi connectivity index (χ0n) is 12.1. The van der Waals surface area contributed by atoms with Crippen molar-refractivity contribution in [3.8, 4) is 11.8 Å². The van der Waals surface area contributed by atoms with Gasteiger partial charge in [-0.15, -0.1) is 0 Å². The molecule has 0 saturated carbocycles. The standard InChI is InChI=1S/C18H14N2O2/c1-2-20-10-9-15-11-16(7-8-17(15)20)22-18(21)14-5-3-13(12-19)4-6-14/h3-11H,2H2,1H3. The summed E-state index contributed by atoms with van der Waals surface area (Å²) >= 11 is 0. The lowest BCUT2D eigenvalue weighted by Gasteiger charge is -2.06. The molecule has 0 N–H and O–H groups in total. The van der Waals surface area contributed by atoms with Gasteiger partial charge in [0.15, 0.2) is 0 Å². The molecule has 1 heterocycles. The first-order valence-corrected chi connectivity index (χ1v) is 7.02. The molecule has 2 aromatic carbocycles. The minimum atomic E-state index is -0.432. The normalized spacial score (nSPS) is 10.4. The maximum absolute atomic E-state index is 12.1. The van der Waals surface area contributed by atoms with Crippen molar-refractivity contribution < 1.29 is 9.53 Å². The van der Waals surface area contributed by atoms with Crippen molar-refractivity contribution in [2.45, 2.75) is 13.5 Å². The number of nitrogens with zero attached hydrogens (tertiary/aromatic N) is 2. The highest BCUT2D eigenvalue weighted by atomic mass is 16.5. The molecule has 0 aliphatic heterocycles. The van der Waals surface area contributed by atoms with Gasteiger partial charge in [0.2, 0.25) is 0 Å². The Labute approximate surface area is 128 Å². The predicted octanol–water partition coefficient (Wildman–Crippen LogP) is 3.75. The van der Waals surface area contributed by atoms with E-state index < -0.39 is 5.97 Å². The number of ether oxygens (including phenoxy) is 1. The lowest BCUT2D eigenvalue weighted by molar-refractivity contribution is 0.0735. The maximum Gasteiger partial charge on any atom is 0.343 e. The molecule has 0 aliphatic carbocycles. The lowest BCUT2D eigenvalue weighted by atomic mass is 10.1. The fourth-order valence-electron chi connectivity index (χ4n) is 2.36. The van der Waals surface area contributed by atoms with Gasteiger partial charge in [-0.2, -0.15) is 5.26 Å². The molecule has 0 spiro atoms. The number of esters is 1. The number of aryl methyl sites for hydroxylation is 1. The molecule has 1 aromatic heterocycles. The van der Waals surface area contributed by atoms with Gasteiger partial charge in [-0.3, -0.25) is 0 Å². The molecule has 0 unspecified atom stereocenters. The summed E-state index contributed by atoms with van der Waals surface area (Å²) in [6.45, 7) is 2.98. The van der Waals surface area contributed by atoms with Crippen LogP contribution in [-0.2, 0) is 6.54 Å². The van der Waals surface area contributed by atoms with Gasteiger partial charge in [-0.25, -0.2) is 4.79 Å². The van der Waals surface area contributed by atoms with E-state index in [2.05, 4.69) is 11.5 Å².